The first-order chi connectivity index (χ1) is 9.33. The van der Waals surface area contributed by atoms with E-state index in [1.807, 2.05) is 0 Å². The fourth-order valence-electron chi connectivity index (χ4n) is 4.19. The molecule has 2 aliphatic carbocycles. The first-order valence-corrected chi connectivity index (χ1v) is 8.15. The van der Waals surface area contributed by atoms with Crippen LogP contribution in [0.25, 0.3) is 0 Å². The lowest BCUT2D eigenvalue weighted by Gasteiger charge is -2.62. The molecule has 0 saturated heterocycles. The summed E-state index contributed by atoms with van der Waals surface area (Å²) in [7, 11) is 0. The van der Waals surface area contributed by atoms with Gasteiger partial charge < -0.3 is 5.32 Å². The minimum absolute atomic E-state index is 0.208. The molecule has 0 amide bonds. The maximum absolute atomic E-state index is 3.76. The zero-order valence-corrected chi connectivity index (χ0v) is 13.6. The zero-order valence-electron chi connectivity index (χ0n) is 13.6. The summed E-state index contributed by atoms with van der Waals surface area (Å²) in [5.41, 5.74) is 4.23. The van der Waals surface area contributed by atoms with Gasteiger partial charge >= 0.3 is 0 Å². The number of hydrogen-bond acceptors (Lipinski definition) is 1. The van der Waals surface area contributed by atoms with Crippen LogP contribution in [0.2, 0.25) is 0 Å². The second-order valence-corrected chi connectivity index (χ2v) is 8.46. The molecule has 0 radical (unpaired) electrons. The summed E-state index contributed by atoms with van der Waals surface area (Å²) >= 11 is 0. The second kappa shape index (κ2) is 4.59. The molecule has 2 aliphatic rings. The molecule has 0 bridgehead atoms. The van der Waals surface area contributed by atoms with Crippen LogP contribution in [-0.2, 0) is 5.41 Å². The molecule has 1 heteroatoms. The highest BCUT2D eigenvalue weighted by atomic mass is 15.0. The van der Waals surface area contributed by atoms with Crippen LogP contribution >= 0.6 is 0 Å². The van der Waals surface area contributed by atoms with Crippen molar-refractivity contribution in [2.45, 2.75) is 70.8 Å². The van der Waals surface area contributed by atoms with E-state index < -0.39 is 0 Å². The summed E-state index contributed by atoms with van der Waals surface area (Å²) in [6.07, 6.45) is 7.18. The molecule has 1 spiro atoms. The Bertz CT molecular complexity index is 465. The van der Waals surface area contributed by atoms with Gasteiger partial charge in [-0.1, -0.05) is 36.2 Å². The van der Waals surface area contributed by atoms with Gasteiger partial charge in [-0.25, -0.2) is 0 Å². The Labute approximate surface area is 124 Å². The predicted octanol–water partition coefficient (Wildman–Crippen LogP) is 4.59. The molecular weight excluding hydrogens is 242 g/mol. The van der Waals surface area contributed by atoms with Crippen LogP contribution in [0.1, 0.15) is 64.0 Å². The van der Waals surface area contributed by atoms with Gasteiger partial charge in [0.2, 0.25) is 0 Å². The number of aryl methyl sites for hydroxylation is 1. The van der Waals surface area contributed by atoms with E-state index in [2.05, 4.69) is 57.3 Å². The Morgan fingerprint density at radius 3 is 2.10 bits per heavy atom. The van der Waals surface area contributed by atoms with Crippen molar-refractivity contribution in [1.29, 1.82) is 0 Å². The monoisotopic (exact) mass is 271 g/mol. The highest BCUT2D eigenvalue weighted by Crippen LogP contribution is 2.64. The van der Waals surface area contributed by atoms with Gasteiger partial charge in [-0.2, -0.15) is 0 Å². The van der Waals surface area contributed by atoms with Crippen LogP contribution in [0.5, 0.6) is 0 Å². The van der Waals surface area contributed by atoms with Gasteiger partial charge in [0.15, 0.2) is 0 Å². The topological polar surface area (TPSA) is 12.0 Å². The Balaban J connectivity index is 1.79. The molecule has 0 aromatic heterocycles. The second-order valence-electron chi connectivity index (χ2n) is 8.46. The van der Waals surface area contributed by atoms with Crippen molar-refractivity contribution < 1.29 is 0 Å². The molecule has 0 unspecified atom stereocenters. The summed E-state index contributed by atoms with van der Waals surface area (Å²) in [6, 6.07) is 9.29. The van der Waals surface area contributed by atoms with Crippen LogP contribution in [0.3, 0.4) is 0 Å². The molecule has 0 atom stereocenters. The quantitative estimate of drug-likeness (QED) is 0.848. The molecule has 20 heavy (non-hydrogen) atoms. The molecule has 0 heterocycles. The molecule has 1 nitrogen and oxygen atoms in total. The van der Waals surface area contributed by atoms with Gasteiger partial charge in [0.1, 0.15) is 0 Å². The highest BCUT2D eigenvalue weighted by Gasteiger charge is 2.57. The minimum atomic E-state index is 0.208. The van der Waals surface area contributed by atoms with Crippen LogP contribution in [0.4, 0.5) is 0 Å². The molecule has 2 fully saturated rings. The van der Waals surface area contributed by atoms with Crippen molar-refractivity contribution in [2.24, 2.45) is 5.41 Å². The number of nitrogens with one attached hydrogen (secondary N) is 1. The molecule has 1 aromatic carbocycles. The van der Waals surface area contributed by atoms with E-state index in [1.54, 1.807) is 5.56 Å². The maximum Gasteiger partial charge on any atom is 0.00968 e. The van der Waals surface area contributed by atoms with Crippen LogP contribution in [0, 0.1) is 12.3 Å². The van der Waals surface area contributed by atoms with E-state index in [9.17, 15) is 0 Å². The summed E-state index contributed by atoms with van der Waals surface area (Å²) in [5.74, 6) is 0. The molecule has 1 N–H and O–H groups in total. The molecule has 3 rings (SSSR count). The number of hydrogen-bond donors (Lipinski definition) is 1. The van der Waals surface area contributed by atoms with Gasteiger partial charge in [0.25, 0.3) is 0 Å². The third kappa shape index (κ3) is 2.53. The van der Waals surface area contributed by atoms with Crippen LogP contribution < -0.4 is 5.32 Å². The fourth-order valence-corrected chi connectivity index (χ4v) is 4.19. The Hall–Kier alpha value is -0.820. The summed E-state index contributed by atoms with van der Waals surface area (Å²) in [5, 5.41) is 3.76. The van der Waals surface area contributed by atoms with Crippen molar-refractivity contribution in [1.82, 2.24) is 5.32 Å². The Kier molecular flexibility index (Phi) is 3.25. The first kappa shape index (κ1) is 14.1. The third-order valence-electron chi connectivity index (χ3n) is 5.46. The van der Waals surface area contributed by atoms with Crippen molar-refractivity contribution in [3.63, 3.8) is 0 Å². The van der Waals surface area contributed by atoms with E-state index in [-0.39, 0.29) is 5.54 Å². The lowest BCUT2D eigenvalue weighted by atomic mass is 9.43. The van der Waals surface area contributed by atoms with Crippen molar-refractivity contribution in [3.05, 3.63) is 35.4 Å². The smallest absolute Gasteiger partial charge is 0.00968 e. The fraction of sp³-hybridized carbons (Fsp3) is 0.684. The van der Waals surface area contributed by atoms with Crippen LogP contribution in [-0.4, -0.2) is 12.1 Å². The Morgan fingerprint density at radius 2 is 1.65 bits per heavy atom. The van der Waals surface area contributed by atoms with Crippen molar-refractivity contribution >= 4 is 0 Å². The van der Waals surface area contributed by atoms with Crippen molar-refractivity contribution in [2.75, 3.05) is 6.54 Å². The highest BCUT2D eigenvalue weighted by molar-refractivity contribution is 5.34. The van der Waals surface area contributed by atoms with Gasteiger partial charge in [0, 0.05) is 17.5 Å². The predicted molar refractivity (Wildman–Crippen MR) is 86.1 cm³/mol. The Morgan fingerprint density at radius 1 is 1.05 bits per heavy atom. The lowest BCUT2D eigenvalue weighted by Crippen LogP contribution is -2.59. The summed E-state index contributed by atoms with van der Waals surface area (Å²) < 4.78 is 0. The lowest BCUT2D eigenvalue weighted by molar-refractivity contribution is -0.0503. The number of rotatable bonds is 3. The van der Waals surface area contributed by atoms with Gasteiger partial charge in [-0.05, 0) is 64.4 Å². The standard InChI is InChI=1S/C19H29N/c1-15-6-8-16(9-7-15)19(14-20-17(2,3)4)12-18(13-19)10-5-11-18/h6-9,20H,5,10-14H2,1-4H3. The average molecular weight is 271 g/mol. The molecular formula is C19H29N. The van der Waals surface area contributed by atoms with E-state index in [0.717, 1.165) is 6.54 Å². The first-order valence-electron chi connectivity index (χ1n) is 8.15. The maximum atomic E-state index is 3.76. The summed E-state index contributed by atoms with van der Waals surface area (Å²) in [4.78, 5) is 0. The van der Waals surface area contributed by atoms with E-state index in [0.29, 0.717) is 10.8 Å². The van der Waals surface area contributed by atoms with Gasteiger partial charge in [-0.3, -0.25) is 0 Å². The van der Waals surface area contributed by atoms with Crippen LogP contribution in [0.15, 0.2) is 24.3 Å². The summed E-state index contributed by atoms with van der Waals surface area (Å²) in [6.45, 7) is 10.1. The average Bonchev–Trinajstić information content (AvgIpc) is 2.26. The molecule has 1 aromatic rings. The minimum Gasteiger partial charge on any atom is -0.311 e. The number of benzene rings is 1. The SMILES string of the molecule is Cc1ccc(C2(CNC(C)(C)C)CC3(CCC3)C2)cc1. The normalized spacial score (nSPS) is 23.2. The van der Waals surface area contributed by atoms with E-state index >= 15 is 0 Å². The largest absolute Gasteiger partial charge is 0.311 e. The van der Waals surface area contributed by atoms with Gasteiger partial charge in [0.05, 0.1) is 0 Å². The molecule has 110 valence electrons. The van der Waals surface area contributed by atoms with Crippen molar-refractivity contribution in [3.8, 4) is 0 Å². The molecule has 2 saturated carbocycles. The third-order valence-corrected chi connectivity index (χ3v) is 5.46. The van der Waals surface area contributed by atoms with Gasteiger partial charge in [-0.15, -0.1) is 0 Å². The van der Waals surface area contributed by atoms with E-state index in [4.69, 9.17) is 0 Å². The molecule has 0 aliphatic heterocycles. The zero-order chi connectivity index (χ0) is 14.4. The van der Waals surface area contributed by atoms with E-state index in [1.165, 1.54) is 37.7 Å².